The van der Waals surface area contributed by atoms with E-state index < -0.39 is 10.0 Å². The number of sulfonamides is 1. The van der Waals surface area contributed by atoms with Gasteiger partial charge in [-0.2, -0.15) is 0 Å². The van der Waals surface area contributed by atoms with Crippen molar-refractivity contribution in [1.29, 1.82) is 0 Å². The van der Waals surface area contributed by atoms with E-state index in [0.29, 0.717) is 5.88 Å². The van der Waals surface area contributed by atoms with Crippen LogP contribution in [0.3, 0.4) is 0 Å². The first-order valence-corrected chi connectivity index (χ1v) is 7.82. The molecule has 2 aromatic carbocycles. The maximum atomic E-state index is 12.0. The third-order valence-corrected chi connectivity index (χ3v) is 4.42. The van der Waals surface area contributed by atoms with Crippen molar-refractivity contribution in [3.63, 3.8) is 0 Å². The van der Waals surface area contributed by atoms with E-state index >= 15 is 0 Å². The van der Waals surface area contributed by atoms with Crippen LogP contribution in [0.2, 0.25) is 0 Å². The minimum atomic E-state index is -3.45. The Labute approximate surface area is 118 Å². The minimum Gasteiger partial charge on any atom is -0.207 e. The Hall–Kier alpha value is -1.36. The number of halogens is 1. The molecule has 1 N–H and O–H groups in total. The molecule has 0 heterocycles. The normalized spacial score (nSPS) is 11.4. The summed E-state index contributed by atoms with van der Waals surface area (Å²) in [4.78, 5) is 0.271. The molecule has 0 aromatic heterocycles. The Balaban J connectivity index is 2.05. The summed E-state index contributed by atoms with van der Waals surface area (Å²) in [7, 11) is -3.45. The molecule has 0 radical (unpaired) electrons. The Kier molecular flexibility index (Phi) is 4.58. The first kappa shape index (κ1) is 14.1. The topological polar surface area (TPSA) is 46.2 Å². The molecule has 0 unspecified atom stereocenters. The van der Waals surface area contributed by atoms with Gasteiger partial charge in [0.05, 0.1) is 4.90 Å². The van der Waals surface area contributed by atoms with Crippen LogP contribution in [0, 0.1) is 0 Å². The molecule has 0 saturated carbocycles. The molecule has 3 nitrogen and oxygen atoms in total. The van der Waals surface area contributed by atoms with E-state index in [1.54, 1.807) is 30.3 Å². The van der Waals surface area contributed by atoms with Gasteiger partial charge in [-0.15, -0.1) is 11.6 Å². The van der Waals surface area contributed by atoms with E-state index in [2.05, 4.69) is 4.72 Å². The summed E-state index contributed by atoms with van der Waals surface area (Å²) in [5, 5.41) is 0. The molecule has 0 aliphatic heterocycles. The number of hydrogen-bond acceptors (Lipinski definition) is 2. The molecular formula is C14H14ClNO2S. The number of benzene rings is 2. The maximum absolute atomic E-state index is 12.0. The van der Waals surface area contributed by atoms with Crippen molar-refractivity contribution in [2.24, 2.45) is 0 Å². The summed E-state index contributed by atoms with van der Waals surface area (Å²) in [5.74, 6) is 0.454. The fourth-order valence-electron chi connectivity index (χ4n) is 1.61. The van der Waals surface area contributed by atoms with Crippen molar-refractivity contribution in [3.05, 3.63) is 65.7 Å². The van der Waals surface area contributed by atoms with Crippen LogP contribution in [0.4, 0.5) is 0 Å². The predicted molar refractivity (Wildman–Crippen MR) is 76.5 cm³/mol. The van der Waals surface area contributed by atoms with Gasteiger partial charge in [0, 0.05) is 12.4 Å². The van der Waals surface area contributed by atoms with Gasteiger partial charge in [0.2, 0.25) is 10.0 Å². The SMILES string of the molecule is O=S(=O)(NCc1ccc(CCl)cc1)c1ccccc1. The molecule has 19 heavy (non-hydrogen) atoms. The van der Waals surface area contributed by atoms with E-state index in [1.807, 2.05) is 24.3 Å². The van der Waals surface area contributed by atoms with E-state index in [-0.39, 0.29) is 11.4 Å². The smallest absolute Gasteiger partial charge is 0.207 e. The van der Waals surface area contributed by atoms with Gasteiger partial charge >= 0.3 is 0 Å². The Morgan fingerprint density at radius 3 is 2.05 bits per heavy atom. The fraction of sp³-hybridized carbons (Fsp3) is 0.143. The summed E-state index contributed by atoms with van der Waals surface area (Å²) in [5.41, 5.74) is 1.91. The van der Waals surface area contributed by atoms with Gasteiger partial charge in [0.1, 0.15) is 0 Å². The summed E-state index contributed by atoms with van der Waals surface area (Å²) < 4.78 is 26.6. The molecular weight excluding hydrogens is 282 g/mol. The zero-order chi connectivity index (χ0) is 13.7. The molecule has 0 atom stereocenters. The van der Waals surface area contributed by atoms with E-state index in [1.165, 1.54) is 0 Å². The first-order chi connectivity index (χ1) is 9.12. The molecule has 0 spiro atoms. The van der Waals surface area contributed by atoms with E-state index in [9.17, 15) is 8.42 Å². The van der Waals surface area contributed by atoms with Crippen LogP contribution in [0.5, 0.6) is 0 Å². The summed E-state index contributed by atoms with van der Waals surface area (Å²) in [6, 6.07) is 15.8. The molecule has 100 valence electrons. The molecule has 5 heteroatoms. The van der Waals surface area contributed by atoms with Crippen molar-refractivity contribution >= 4 is 21.6 Å². The number of hydrogen-bond donors (Lipinski definition) is 1. The Bertz CT molecular complexity index is 624. The summed E-state index contributed by atoms with van der Waals surface area (Å²) in [6.07, 6.45) is 0. The second kappa shape index (κ2) is 6.19. The zero-order valence-electron chi connectivity index (χ0n) is 10.2. The van der Waals surface area contributed by atoms with Crippen molar-refractivity contribution in [1.82, 2.24) is 4.72 Å². The third kappa shape index (κ3) is 3.80. The van der Waals surface area contributed by atoms with Gasteiger partial charge < -0.3 is 0 Å². The highest BCUT2D eigenvalue weighted by atomic mass is 35.5. The lowest BCUT2D eigenvalue weighted by atomic mass is 10.1. The molecule has 0 aliphatic carbocycles. The number of rotatable bonds is 5. The predicted octanol–water partition coefficient (Wildman–Crippen LogP) is 2.90. The average molecular weight is 296 g/mol. The van der Waals surface area contributed by atoms with Crippen LogP contribution in [0.25, 0.3) is 0 Å². The molecule has 0 aliphatic rings. The fourth-order valence-corrected chi connectivity index (χ4v) is 2.82. The van der Waals surface area contributed by atoms with E-state index in [0.717, 1.165) is 11.1 Å². The van der Waals surface area contributed by atoms with Crippen LogP contribution in [-0.4, -0.2) is 8.42 Å². The Morgan fingerprint density at radius 2 is 1.47 bits per heavy atom. The lowest BCUT2D eigenvalue weighted by Crippen LogP contribution is -2.23. The molecule has 2 rings (SSSR count). The maximum Gasteiger partial charge on any atom is 0.240 e. The van der Waals surface area contributed by atoms with Gasteiger partial charge in [-0.3, -0.25) is 0 Å². The monoisotopic (exact) mass is 295 g/mol. The lowest BCUT2D eigenvalue weighted by molar-refractivity contribution is 0.581. The molecule has 0 saturated heterocycles. The highest BCUT2D eigenvalue weighted by Gasteiger charge is 2.12. The molecule has 0 bridgehead atoms. The molecule has 0 amide bonds. The molecule has 0 fully saturated rings. The molecule has 2 aromatic rings. The van der Waals surface area contributed by atoms with Crippen LogP contribution < -0.4 is 4.72 Å². The van der Waals surface area contributed by atoms with Gasteiger partial charge in [-0.1, -0.05) is 42.5 Å². The van der Waals surface area contributed by atoms with Crippen LogP contribution >= 0.6 is 11.6 Å². The van der Waals surface area contributed by atoms with Crippen molar-refractivity contribution < 1.29 is 8.42 Å². The van der Waals surface area contributed by atoms with Crippen molar-refractivity contribution in [2.75, 3.05) is 0 Å². The standard InChI is InChI=1S/C14H14ClNO2S/c15-10-12-6-8-13(9-7-12)11-16-19(17,18)14-4-2-1-3-5-14/h1-9,16H,10-11H2. The second-order valence-corrected chi connectivity index (χ2v) is 6.12. The average Bonchev–Trinajstić information content (AvgIpc) is 2.47. The highest BCUT2D eigenvalue weighted by Crippen LogP contribution is 2.10. The van der Waals surface area contributed by atoms with Crippen LogP contribution in [0.1, 0.15) is 11.1 Å². The minimum absolute atomic E-state index is 0.264. The first-order valence-electron chi connectivity index (χ1n) is 5.80. The van der Waals surface area contributed by atoms with Crippen molar-refractivity contribution in [3.8, 4) is 0 Å². The third-order valence-electron chi connectivity index (χ3n) is 2.70. The largest absolute Gasteiger partial charge is 0.240 e. The van der Waals surface area contributed by atoms with Crippen molar-refractivity contribution in [2.45, 2.75) is 17.3 Å². The van der Waals surface area contributed by atoms with Gasteiger partial charge in [-0.05, 0) is 23.3 Å². The lowest BCUT2D eigenvalue weighted by Gasteiger charge is -2.07. The van der Waals surface area contributed by atoms with E-state index in [4.69, 9.17) is 11.6 Å². The van der Waals surface area contributed by atoms with Crippen LogP contribution in [-0.2, 0) is 22.4 Å². The van der Waals surface area contributed by atoms with Gasteiger partial charge in [0.15, 0.2) is 0 Å². The summed E-state index contributed by atoms with van der Waals surface area (Å²) in [6.45, 7) is 0.264. The Morgan fingerprint density at radius 1 is 0.895 bits per heavy atom. The summed E-state index contributed by atoms with van der Waals surface area (Å²) >= 11 is 5.70. The van der Waals surface area contributed by atoms with Gasteiger partial charge in [-0.25, -0.2) is 13.1 Å². The second-order valence-electron chi connectivity index (χ2n) is 4.09. The van der Waals surface area contributed by atoms with Gasteiger partial charge in [0.25, 0.3) is 0 Å². The zero-order valence-corrected chi connectivity index (χ0v) is 11.8. The number of nitrogens with one attached hydrogen (secondary N) is 1. The highest BCUT2D eigenvalue weighted by molar-refractivity contribution is 7.89. The quantitative estimate of drug-likeness (QED) is 0.862. The van der Waals surface area contributed by atoms with Crippen LogP contribution in [0.15, 0.2) is 59.5 Å². The number of alkyl halides is 1.